The Morgan fingerprint density at radius 2 is 1.88 bits per heavy atom. The number of rotatable bonds is 5. The first-order valence-corrected chi connectivity index (χ1v) is 8.76. The van der Waals surface area contributed by atoms with E-state index in [1.54, 1.807) is 0 Å². The minimum Gasteiger partial charge on any atom is -0.351 e. The van der Waals surface area contributed by atoms with E-state index in [0.717, 1.165) is 55.9 Å². The number of likely N-dealkylation sites (N-methyl/N-ethyl adjacent to an activating group) is 1. The molecule has 1 aromatic heterocycles. The first kappa shape index (κ1) is 16.9. The zero-order valence-electron chi connectivity index (χ0n) is 14.6. The second kappa shape index (κ2) is 7.73. The molecule has 0 spiro atoms. The number of hydrogen-bond acceptors (Lipinski definition) is 4. The molecular weight excluding hydrogens is 300 g/mol. The first-order chi connectivity index (χ1) is 11.7. The smallest absolute Gasteiger partial charge is 0.252 e. The fourth-order valence-electron chi connectivity index (χ4n) is 3.25. The average Bonchev–Trinajstić information content (AvgIpc) is 2.61. The third kappa shape index (κ3) is 3.91. The molecule has 0 radical (unpaired) electrons. The summed E-state index contributed by atoms with van der Waals surface area (Å²) < 4.78 is 0. The van der Waals surface area contributed by atoms with Crippen molar-refractivity contribution >= 4 is 16.8 Å². The Balaban J connectivity index is 1.58. The molecule has 1 aliphatic rings. The number of benzene rings is 1. The number of nitrogens with one attached hydrogen (secondary N) is 1. The number of piperazine rings is 1. The number of carbonyl (C=O) groups is 1. The number of pyridine rings is 1. The van der Waals surface area contributed by atoms with E-state index in [0.29, 0.717) is 12.1 Å². The van der Waals surface area contributed by atoms with Gasteiger partial charge in [0, 0.05) is 50.3 Å². The van der Waals surface area contributed by atoms with Gasteiger partial charge in [0.05, 0.1) is 11.1 Å². The Morgan fingerprint density at radius 1 is 1.17 bits per heavy atom. The van der Waals surface area contributed by atoms with Crippen molar-refractivity contribution < 1.29 is 4.79 Å². The lowest BCUT2D eigenvalue weighted by molar-refractivity contribution is 0.0939. The summed E-state index contributed by atoms with van der Waals surface area (Å²) in [5, 5.41) is 3.98. The van der Waals surface area contributed by atoms with E-state index in [4.69, 9.17) is 0 Å². The lowest BCUT2D eigenvalue weighted by atomic mass is 10.1. The van der Waals surface area contributed by atoms with Crippen molar-refractivity contribution in [3.8, 4) is 0 Å². The third-order valence-electron chi connectivity index (χ3n) is 4.71. The number of carbonyl (C=O) groups excluding carboxylic acids is 1. The molecule has 1 fully saturated rings. The van der Waals surface area contributed by atoms with Crippen LogP contribution in [0.25, 0.3) is 10.9 Å². The van der Waals surface area contributed by atoms with Gasteiger partial charge < -0.3 is 10.2 Å². The number of para-hydroxylation sites is 1. The van der Waals surface area contributed by atoms with Crippen LogP contribution in [0.15, 0.2) is 30.3 Å². The number of aryl methyl sites for hydroxylation is 1. The van der Waals surface area contributed by atoms with Gasteiger partial charge in [-0.2, -0.15) is 0 Å². The second-order valence-corrected chi connectivity index (χ2v) is 6.36. The molecule has 5 nitrogen and oxygen atoms in total. The van der Waals surface area contributed by atoms with E-state index in [1.165, 1.54) is 0 Å². The van der Waals surface area contributed by atoms with E-state index >= 15 is 0 Å². The SMILES string of the molecule is CCN1CCN(CCNC(=O)c2cc(C)nc3ccccc23)CC1. The highest BCUT2D eigenvalue weighted by Gasteiger charge is 2.16. The first-order valence-electron chi connectivity index (χ1n) is 8.76. The van der Waals surface area contributed by atoms with E-state index in [-0.39, 0.29) is 5.91 Å². The standard InChI is InChI=1S/C19H26N4O/c1-3-22-10-12-23(13-11-22)9-8-20-19(24)17-14-15(2)21-18-7-5-4-6-16(17)18/h4-7,14H,3,8-13H2,1-2H3,(H,20,24). The van der Waals surface area contributed by atoms with E-state index in [9.17, 15) is 4.79 Å². The molecule has 1 N–H and O–H groups in total. The Hall–Kier alpha value is -1.98. The number of nitrogens with zero attached hydrogens (tertiary/aromatic N) is 3. The van der Waals surface area contributed by atoms with Crippen LogP contribution in [0.4, 0.5) is 0 Å². The molecule has 24 heavy (non-hydrogen) atoms. The van der Waals surface area contributed by atoms with Gasteiger partial charge in [0.25, 0.3) is 5.91 Å². The van der Waals surface area contributed by atoms with Crippen molar-refractivity contribution in [2.24, 2.45) is 0 Å². The van der Waals surface area contributed by atoms with Gasteiger partial charge in [-0.15, -0.1) is 0 Å². The van der Waals surface area contributed by atoms with Crippen molar-refractivity contribution in [2.75, 3.05) is 45.8 Å². The van der Waals surface area contributed by atoms with Crippen molar-refractivity contribution in [2.45, 2.75) is 13.8 Å². The van der Waals surface area contributed by atoms with Crippen LogP contribution in [0.3, 0.4) is 0 Å². The minimum absolute atomic E-state index is 0.0103. The molecule has 0 aliphatic carbocycles. The van der Waals surface area contributed by atoms with Crippen LogP contribution in [0.5, 0.6) is 0 Å². The van der Waals surface area contributed by atoms with E-state index in [2.05, 4.69) is 27.0 Å². The van der Waals surface area contributed by atoms with Crippen LogP contribution in [0.2, 0.25) is 0 Å². The highest BCUT2D eigenvalue weighted by atomic mass is 16.1. The lowest BCUT2D eigenvalue weighted by Gasteiger charge is -2.33. The molecule has 0 bridgehead atoms. The maximum absolute atomic E-state index is 12.6. The predicted octanol–water partition coefficient (Wildman–Crippen LogP) is 1.91. The molecule has 1 saturated heterocycles. The molecule has 0 unspecified atom stereocenters. The normalized spacial score (nSPS) is 16.4. The summed E-state index contributed by atoms with van der Waals surface area (Å²) >= 11 is 0. The second-order valence-electron chi connectivity index (χ2n) is 6.36. The van der Waals surface area contributed by atoms with Gasteiger partial charge in [0.2, 0.25) is 0 Å². The van der Waals surface area contributed by atoms with Gasteiger partial charge in [0.1, 0.15) is 0 Å². The van der Waals surface area contributed by atoms with Crippen molar-refractivity contribution in [3.63, 3.8) is 0 Å². The zero-order chi connectivity index (χ0) is 16.9. The van der Waals surface area contributed by atoms with Gasteiger partial charge in [-0.05, 0) is 25.6 Å². The highest BCUT2D eigenvalue weighted by Crippen LogP contribution is 2.18. The molecule has 1 aliphatic heterocycles. The summed E-state index contributed by atoms with van der Waals surface area (Å²) in [6, 6.07) is 9.68. The number of amides is 1. The fraction of sp³-hybridized carbons (Fsp3) is 0.474. The summed E-state index contributed by atoms with van der Waals surface area (Å²) in [4.78, 5) is 22.0. The Labute approximate surface area is 143 Å². The zero-order valence-corrected chi connectivity index (χ0v) is 14.6. The van der Waals surface area contributed by atoms with Gasteiger partial charge in [0.15, 0.2) is 0 Å². The Bertz CT molecular complexity index is 708. The van der Waals surface area contributed by atoms with Crippen LogP contribution in [-0.2, 0) is 0 Å². The van der Waals surface area contributed by atoms with Crippen LogP contribution in [-0.4, -0.2) is 66.5 Å². The van der Waals surface area contributed by atoms with Crippen molar-refractivity contribution in [3.05, 3.63) is 41.6 Å². The molecule has 3 rings (SSSR count). The Kier molecular flexibility index (Phi) is 5.43. The fourth-order valence-corrected chi connectivity index (χ4v) is 3.25. The van der Waals surface area contributed by atoms with Crippen molar-refractivity contribution in [1.82, 2.24) is 20.1 Å². The highest BCUT2D eigenvalue weighted by molar-refractivity contribution is 6.06. The molecule has 2 heterocycles. The van der Waals surface area contributed by atoms with Crippen molar-refractivity contribution in [1.29, 1.82) is 0 Å². The molecule has 2 aromatic rings. The van der Waals surface area contributed by atoms with Gasteiger partial charge in [-0.3, -0.25) is 14.7 Å². The van der Waals surface area contributed by atoms with Crippen LogP contribution < -0.4 is 5.32 Å². The Morgan fingerprint density at radius 3 is 2.62 bits per heavy atom. The van der Waals surface area contributed by atoms with Crippen LogP contribution in [0.1, 0.15) is 23.0 Å². The summed E-state index contributed by atoms with van der Waals surface area (Å²) in [7, 11) is 0. The maximum atomic E-state index is 12.6. The van der Waals surface area contributed by atoms with Crippen LogP contribution in [0, 0.1) is 6.92 Å². The molecule has 0 saturated carbocycles. The van der Waals surface area contributed by atoms with Gasteiger partial charge >= 0.3 is 0 Å². The van der Waals surface area contributed by atoms with Gasteiger partial charge in [-0.25, -0.2) is 0 Å². The minimum atomic E-state index is -0.0103. The number of aromatic nitrogens is 1. The quantitative estimate of drug-likeness (QED) is 0.912. The molecule has 5 heteroatoms. The molecule has 1 aromatic carbocycles. The van der Waals surface area contributed by atoms with E-state index in [1.807, 2.05) is 37.3 Å². The summed E-state index contributed by atoms with van der Waals surface area (Å²) in [6.07, 6.45) is 0. The van der Waals surface area contributed by atoms with Crippen LogP contribution >= 0.6 is 0 Å². The third-order valence-corrected chi connectivity index (χ3v) is 4.71. The average molecular weight is 326 g/mol. The monoisotopic (exact) mass is 326 g/mol. The molecule has 1 amide bonds. The summed E-state index contributed by atoms with van der Waals surface area (Å²) in [5.74, 6) is -0.0103. The molecule has 128 valence electrons. The molecular formula is C19H26N4O. The van der Waals surface area contributed by atoms with E-state index < -0.39 is 0 Å². The maximum Gasteiger partial charge on any atom is 0.252 e. The number of fused-ring (bicyclic) bond motifs is 1. The molecule has 0 atom stereocenters. The number of hydrogen-bond donors (Lipinski definition) is 1. The topological polar surface area (TPSA) is 48.5 Å². The lowest BCUT2D eigenvalue weighted by Crippen LogP contribution is -2.48. The predicted molar refractivity (Wildman–Crippen MR) is 97.4 cm³/mol. The largest absolute Gasteiger partial charge is 0.351 e. The van der Waals surface area contributed by atoms with Gasteiger partial charge in [-0.1, -0.05) is 25.1 Å². The summed E-state index contributed by atoms with van der Waals surface area (Å²) in [5.41, 5.74) is 2.46. The summed E-state index contributed by atoms with van der Waals surface area (Å²) in [6.45, 7) is 11.3.